The van der Waals surface area contributed by atoms with Gasteiger partial charge in [0.25, 0.3) is 0 Å². The normalized spacial score (nSPS) is 21.5. The summed E-state index contributed by atoms with van der Waals surface area (Å²) in [5, 5.41) is -0.664. The summed E-state index contributed by atoms with van der Waals surface area (Å²) >= 11 is 0. The van der Waals surface area contributed by atoms with Gasteiger partial charge in [0.05, 0.1) is 32.5 Å². The minimum atomic E-state index is -5.23. The second-order valence-corrected chi connectivity index (χ2v) is 34.8. The number of halogens is 3. The van der Waals surface area contributed by atoms with E-state index in [9.17, 15) is 18.0 Å². The number of rotatable bonds is 20. The first-order valence-corrected chi connectivity index (χ1v) is 28.6. The predicted molar refractivity (Wildman–Crippen MR) is 227 cm³/mol. The first kappa shape index (κ1) is 50.6. The fraction of sp³-hybridized carbons (Fsp3) is 0.786. The van der Waals surface area contributed by atoms with Gasteiger partial charge in [0, 0.05) is 31.0 Å². The number of hydrogen-bond donors (Lipinski definition) is 0. The lowest BCUT2D eigenvalue weighted by atomic mass is 9.80. The topological polar surface area (TPSA) is 85.0 Å². The molecule has 0 unspecified atom stereocenters. The number of carbonyl (C=O) groups is 1. The highest BCUT2D eigenvalue weighted by Crippen LogP contribution is 2.52. The zero-order chi connectivity index (χ0) is 43.5. The van der Waals surface area contributed by atoms with Crippen molar-refractivity contribution < 1.29 is 50.2 Å². The summed E-state index contributed by atoms with van der Waals surface area (Å²) in [5.74, 6) is -3.34. The summed E-state index contributed by atoms with van der Waals surface area (Å²) in [7, 11) is -5.96. The SMILES string of the molecule is C=C[C@@H](CO[Si](C)(C)C(C)(C)C)[C@@H](OC(=O)C(F)(F)F)[C@H](CO[Si](C)(C)C(C)(C)C)[C@H](O[Si](C)(C)C(C)(C)C)[C@]1(C)O[C@@H]1[C@@H](C)COCc1ccc(OC)cc1. The van der Waals surface area contributed by atoms with Crippen LogP contribution in [-0.2, 0) is 38.9 Å². The van der Waals surface area contributed by atoms with E-state index in [1.165, 1.54) is 0 Å². The van der Waals surface area contributed by atoms with E-state index in [0.717, 1.165) is 11.3 Å². The zero-order valence-corrected chi connectivity index (χ0v) is 40.8. The molecule has 0 saturated carbocycles. The van der Waals surface area contributed by atoms with Gasteiger partial charge in [-0.15, -0.1) is 6.58 Å². The highest BCUT2D eigenvalue weighted by molar-refractivity contribution is 6.75. The van der Waals surface area contributed by atoms with Crippen LogP contribution in [0.2, 0.25) is 54.4 Å². The molecule has 14 heteroatoms. The van der Waals surface area contributed by atoms with Gasteiger partial charge in [0.1, 0.15) is 17.5 Å². The first-order valence-electron chi connectivity index (χ1n) is 19.9. The van der Waals surface area contributed by atoms with Crippen LogP contribution in [0.3, 0.4) is 0 Å². The number of hydrogen-bond acceptors (Lipinski definition) is 8. The molecule has 0 N–H and O–H groups in total. The Balaban J connectivity index is 2.74. The van der Waals surface area contributed by atoms with Crippen LogP contribution < -0.4 is 4.74 Å². The summed E-state index contributed by atoms with van der Waals surface area (Å²) in [6.07, 6.45) is -6.25. The Kier molecular flexibility index (Phi) is 16.6. The van der Waals surface area contributed by atoms with Gasteiger partial charge < -0.3 is 32.2 Å². The average molecular weight is 849 g/mol. The van der Waals surface area contributed by atoms with Crippen molar-refractivity contribution in [2.24, 2.45) is 17.8 Å². The molecule has 0 aromatic heterocycles. The Bertz CT molecular complexity index is 1430. The number of methoxy groups -OCH3 is 1. The maximum absolute atomic E-state index is 14.2. The molecule has 1 saturated heterocycles. The maximum Gasteiger partial charge on any atom is 0.490 e. The van der Waals surface area contributed by atoms with Gasteiger partial charge in [-0.25, -0.2) is 4.79 Å². The molecule has 1 aliphatic rings. The molecule has 1 heterocycles. The molecule has 8 nitrogen and oxygen atoms in total. The Morgan fingerprint density at radius 1 is 0.839 bits per heavy atom. The lowest BCUT2D eigenvalue weighted by Gasteiger charge is -2.47. The standard InChI is InChI=1S/C42H75F3O8Si3/c1-20-31(27-49-54(14,15)38(3,4)5)34(51-37(46)42(43,44)45)33(28-50-55(16,17)39(6,7)8)36(53-56(18,19)40(9,10)11)41(12)35(52-41)29(2)25-48-26-30-21-23-32(47-13)24-22-30/h20-24,29,31,33-36H,1,25-28H2,2-19H3/t29-,31-,33-,34+,35+,36-,41+/m0/s1. The smallest absolute Gasteiger partial charge is 0.490 e. The Labute approximate surface area is 340 Å². The minimum Gasteiger partial charge on any atom is -0.497 e. The molecule has 1 aromatic carbocycles. The molecule has 7 atom stereocenters. The lowest BCUT2D eigenvalue weighted by molar-refractivity contribution is -0.213. The minimum absolute atomic E-state index is 0.00973. The summed E-state index contributed by atoms with van der Waals surface area (Å²) in [6.45, 7) is 40.3. The van der Waals surface area contributed by atoms with E-state index in [-0.39, 0.29) is 40.4 Å². The second-order valence-electron chi connectivity index (χ2n) is 20.4. The highest BCUT2D eigenvalue weighted by atomic mass is 28.4. The van der Waals surface area contributed by atoms with E-state index in [1.807, 2.05) is 38.1 Å². The van der Waals surface area contributed by atoms with Gasteiger partial charge in [-0.2, -0.15) is 13.2 Å². The monoisotopic (exact) mass is 848 g/mol. The van der Waals surface area contributed by atoms with Crippen molar-refractivity contribution in [3.8, 4) is 5.75 Å². The van der Waals surface area contributed by atoms with Crippen molar-refractivity contribution in [1.29, 1.82) is 0 Å². The summed E-state index contributed by atoms with van der Waals surface area (Å²) in [5.41, 5.74) is 0.0126. The van der Waals surface area contributed by atoms with E-state index >= 15 is 0 Å². The molecule has 1 aliphatic heterocycles. The van der Waals surface area contributed by atoms with Crippen LogP contribution in [0.4, 0.5) is 13.2 Å². The van der Waals surface area contributed by atoms with Crippen molar-refractivity contribution in [3.63, 3.8) is 0 Å². The quantitative estimate of drug-likeness (QED) is 0.0555. The number of epoxide rings is 1. The second kappa shape index (κ2) is 18.4. The summed E-state index contributed by atoms with van der Waals surface area (Å²) < 4.78 is 87.1. The third kappa shape index (κ3) is 13.0. The van der Waals surface area contributed by atoms with Crippen LogP contribution in [0.25, 0.3) is 0 Å². The molecular formula is C42H75F3O8Si3. The van der Waals surface area contributed by atoms with Crippen LogP contribution in [0.15, 0.2) is 36.9 Å². The molecule has 1 aromatic rings. The van der Waals surface area contributed by atoms with E-state index in [4.69, 9.17) is 32.2 Å². The van der Waals surface area contributed by atoms with Crippen molar-refractivity contribution in [1.82, 2.24) is 0 Å². The van der Waals surface area contributed by atoms with E-state index in [2.05, 4.69) is 108 Å². The van der Waals surface area contributed by atoms with Crippen molar-refractivity contribution in [2.75, 3.05) is 26.9 Å². The van der Waals surface area contributed by atoms with Gasteiger partial charge in [0.2, 0.25) is 0 Å². The molecule has 2 rings (SSSR count). The van der Waals surface area contributed by atoms with Crippen molar-refractivity contribution in [3.05, 3.63) is 42.5 Å². The Morgan fingerprint density at radius 2 is 1.32 bits per heavy atom. The molecule has 0 radical (unpaired) electrons. The van der Waals surface area contributed by atoms with Crippen LogP contribution >= 0.6 is 0 Å². The van der Waals surface area contributed by atoms with E-state index in [1.54, 1.807) is 13.2 Å². The molecule has 1 fully saturated rings. The fourth-order valence-electron chi connectivity index (χ4n) is 5.82. The van der Waals surface area contributed by atoms with Crippen LogP contribution in [0, 0.1) is 17.8 Å². The number of esters is 1. The van der Waals surface area contributed by atoms with Gasteiger partial charge >= 0.3 is 12.1 Å². The van der Waals surface area contributed by atoms with Gasteiger partial charge in [-0.1, -0.05) is 87.4 Å². The molecule has 324 valence electrons. The molecular weight excluding hydrogens is 774 g/mol. The average Bonchev–Trinajstić information content (AvgIpc) is 3.74. The maximum atomic E-state index is 14.2. The molecule has 0 aliphatic carbocycles. The van der Waals surface area contributed by atoms with Gasteiger partial charge in [0.15, 0.2) is 25.0 Å². The van der Waals surface area contributed by atoms with Gasteiger partial charge in [-0.3, -0.25) is 0 Å². The Hall–Kier alpha value is -1.53. The van der Waals surface area contributed by atoms with E-state index < -0.39 is 66.7 Å². The third-order valence-corrected chi connectivity index (χ3v) is 26.4. The zero-order valence-electron chi connectivity index (χ0n) is 37.8. The van der Waals surface area contributed by atoms with E-state index in [0.29, 0.717) is 13.2 Å². The van der Waals surface area contributed by atoms with Crippen molar-refractivity contribution in [2.45, 2.75) is 167 Å². The number of alkyl halides is 3. The third-order valence-electron chi connectivity index (χ3n) is 12.9. The molecule has 0 spiro atoms. The number of benzene rings is 1. The largest absolute Gasteiger partial charge is 0.497 e. The molecule has 0 amide bonds. The van der Waals surface area contributed by atoms with Crippen LogP contribution in [-0.4, -0.2) is 87.9 Å². The van der Waals surface area contributed by atoms with Gasteiger partial charge in [-0.05, 0) is 79.0 Å². The lowest BCUT2D eigenvalue weighted by Crippen LogP contribution is -2.57. The highest BCUT2D eigenvalue weighted by Gasteiger charge is 2.65. The molecule has 56 heavy (non-hydrogen) atoms. The molecule has 0 bridgehead atoms. The summed E-state index contributed by atoms with van der Waals surface area (Å²) in [4.78, 5) is 13.0. The number of ether oxygens (including phenoxy) is 4. The van der Waals surface area contributed by atoms with Crippen LogP contribution in [0.5, 0.6) is 5.75 Å². The van der Waals surface area contributed by atoms with Crippen LogP contribution in [0.1, 0.15) is 81.7 Å². The van der Waals surface area contributed by atoms with Crippen molar-refractivity contribution >= 4 is 30.9 Å². The number of carbonyl (C=O) groups excluding carboxylic acids is 1. The fourth-order valence-corrected chi connectivity index (χ4v) is 9.30. The summed E-state index contributed by atoms with van der Waals surface area (Å²) in [6, 6.07) is 7.66. The Morgan fingerprint density at radius 3 is 1.75 bits per heavy atom. The first-order chi connectivity index (χ1) is 25.1. The predicted octanol–water partition coefficient (Wildman–Crippen LogP) is 11.3.